The zero-order valence-electron chi connectivity index (χ0n) is 61.2. The van der Waals surface area contributed by atoms with Crippen LogP contribution in [-0.4, -0.2) is 125 Å². The van der Waals surface area contributed by atoms with E-state index in [2.05, 4.69) is 120 Å². The summed E-state index contributed by atoms with van der Waals surface area (Å²) < 4.78 is 168. The number of carbonyl (C=O) groups excluding carboxylic acids is 2. The fourth-order valence-electron chi connectivity index (χ4n) is 15.8. The first-order valence-electron chi connectivity index (χ1n) is 36.5. The molecule has 106 heavy (non-hydrogen) atoms. The summed E-state index contributed by atoms with van der Waals surface area (Å²) in [7, 11) is 1.35. The van der Waals surface area contributed by atoms with Gasteiger partial charge in [0.05, 0.1) is 54.1 Å². The Hall–Kier alpha value is -7.80. The highest BCUT2D eigenvalue weighted by molar-refractivity contribution is 5.76. The highest BCUT2D eigenvalue weighted by Crippen LogP contribution is 2.45. The van der Waals surface area contributed by atoms with Crippen LogP contribution in [0.25, 0.3) is 0 Å². The fourth-order valence-corrected chi connectivity index (χ4v) is 15.8. The quantitative estimate of drug-likeness (QED) is 0.0822. The van der Waals surface area contributed by atoms with Crippen LogP contribution < -0.4 is 10.6 Å². The summed E-state index contributed by atoms with van der Waals surface area (Å²) in [5.74, 6) is -2.79. The number of hydrogen-bond acceptors (Lipinski definition) is 8. The first-order chi connectivity index (χ1) is 50.1. The van der Waals surface area contributed by atoms with Crippen LogP contribution in [0.3, 0.4) is 0 Å². The molecule has 3 amide bonds. The van der Waals surface area contributed by atoms with Gasteiger partial charge in [-0.2, -0.15) is 39.5 Å². The van der Waals surface area contributed by atoms with Crippen LogP contribution in [0.4, 0.5) is 57.5 Å². The lowest BCUT2D eigenvalue weighted by Crippen LogP contribution is -2.64. The zero-order chi connectivity index (χ0) is 76.6. The highest BCUT2D eigenvalue weighted by atomic mass is 19.4. The molecular weight excluding hydrogens is 1390 g/mol. The predicted molar refractivity (Wildman–Crippen MR) is 386 cm³/mol. The van der Waals surface area contributed by atoms with E-state index in [1.807, 2.05) is 30.3 Å². The number of halogens is 12. The monoisotopic (exact) mass is 1480 g/mol. The van der Waals surface area contributed by atoms with E-state index < -0.39 is 70.6 Å². The van der Waals surface area contributed by atoms with E-state index in [9.17, 15) is 67.4 Å². The second-order valence-electron chi connectivity index (χ2n) is 29.9. The predicted octanol–water partition coefficient (Wildman–Crippen LogP) is 18.3. The molecule has 23 heteroatoms. The van der Waals surface area contributed by atoms with Crippen LogP contribution in [0.1, 0.15) is 182 Å². The number of carbonyl (C=O) groups is 2. The third-order valence-electron chi connectivity index (χ3n) is 21.8. The average molecular weight is 1480 g/mol. The topological polar surface area (TPSA) is 104 Å². The Morgan fingerprint density at radius 3 is 1.74 bits per heavy atom. The van der Waals surface area contributed by atoms with Gasteiger partial charge in [0.2, 0.25) is 5.91 Å². The van der Waals surface area contributed by atoms with Crippen molar-refractivity contribution in [3.63, 3.8) is 0 Å². The molecule has 6 saturated heterocycles. The molecule has 0 aliphatic carbocycles. The second kappa shape index (κ2) is 34.2. The third-order valence-corrected chi connectivity index (χ3v) is 21.8. The number of piperazine rings is 1. The number of alkyl halides is 11. The van der Waals surface area contributed by atoms with Crippen molar-refractivity contribution in [3.05, 3.63) is 247 Å². The minimum Gasteiger partial charge on any atom is -0.392 e. The summed E-state index contributed by atoms with van der Waals surface area (Å²) in [6.45, 7) is 18.6. The van der Waals surface area contributed by atoms with E-state index in [0.29, 0.717) is 99.2 Å². The first kappa shape index (κ1) is 80.7. The van der Waals surface area contributed by atoms with Crippen molar-refractivity contribution >= 4 is 11.9 Å². The van der Waals surface area contributed by atoms with Gasteiger partial charge in [0.1, 0.15) is 5.82 Å². The van der Waals surface area contributed by atoms with Gasteiger partial charge in [0.15, 0.2) is 0 Å². The average Bonchev–Trinajstić information content (AvgIpc) is 0.750. The van der Waals surface area contributed by atoms with Gasteiger partial charge in [-0.05, 0) is 188 Å². The molecule has 6 heterocycles. The Morgan fingerprint density at radius 1 is 0.623 bits per heavy atom. The molecule has 0 spiro atoms. The van der Waals surface area contributed by atoms with E-state index in [-0.39, 0.29) is 66.5 Å². The highest BCUT2D eigenvalue weighted by Gasteiger charge is 2.47. The van der Waals surface area contributed by atoms with Gasteiger partial charge < -0.3 is 35.2 Å². The van der Waals surface area contributed by atoms with Gasteiger partial charge in [0.25, 0.3) is 5.92 Å². The summed E-state index contributed by atoms with van der Waals surface area (Å²) >= 11 is 0. The summed E-state index contributed by atoms with van der Waals surface area (Å²) in [5, 5.41) is 17.5. The molecule has 6 aliphatic heterocycles. The molecule has 572 valence electrons. The van der Waals surface area contributed by atoms with Crippen LogP contribution in [0, 0.1) is 18.7 Å². The molecular formula is C83H97F12N7O4. The fraction of sp³-hybridized carbons (Fsp3) is 0.470. The molecule has 7 aromatic rings. The van der Waals surface area contributed by atoms with Gasteiger partial charge in [-0.1, -0.05) is 136 Å². The van der Waals surface area contributed by atoms with Crippen molar-refractivity contribution in [2.75, 3.05) is 59.4 Å². The van der Waals surface area contributed by atoms with Crippen molar-refractivity contribution in [3.8, 4) is 0 Å². The minimum atomic E-state index is -5.01. The maximum Gasteiger partial charge on any atom is 0.416 e. The van der Waals surface area contributed by atoms with Crippen LogP contribution in [-0.2, 0) is 59.2 Å². The SMILES string of the molecule is CC(=O)N1CCN([C@H]2CCN(C(=O)N(C)[C@H](C)c3cc(C(F)(F)F)cc(C(F)(F)F)c3)[C@H](c3ccc(F)cc3C)C2)CC1.CC(C)(C)c1ccc(CO)c(CNC2C3CCN(CC3)C2C(c2ccccc2)c2ccccc2)c1.CC(F)(F)c1cc(CO[C@H]2CCCN[C@H]2c2ccccc2)cc(C(F)(F)F)c1. The molecule has 3 N–H and O–H groups in total. The van der Waals surface area contributed by atoms with E-state index in [1.165, 1.54) is 81.2 Å². The van der Waals surface area contributed by atoms with Crippen LogP contribution in [0.15, 0.2) is 164 Å². The number of likely N-dealkylation sites (tertiary alicyclic amines) is 1. The van der Waals surface area contributed by atoms with Crippen molar-refractivity contribution in [1.29, 1.82) is 0 Å². The molecule has 0 aromatic heterocycles. The van der Waals surface area contributed by atoms with E-state index >= 15 is 0 Å². The van der Waals surface area contributed by atoms with Gasteiger partial charge in [-0.3, -0.25) is 14.6 Å². The van der Waals surface area contributed by atoms with Gasteiger partial charge >= 0.3 is 24.6 Å². The van der Waals surface area contributed by atoms with Crippen LogP contribution >= 0.6 is 0 Å². The van der Waals surface area contributed by atoms with E-state index in [0.717, 1.165) is 54.1 Å². The number of aliphatic hydroxyl groups excluding tert-OH is 1. The summed E-state index contributed by atoms with van der Waals surface area (Å²) in [6.07, 6.45) is -9.78. The molecule has 13 rings (SSSR count). The number of ether oxygens (including phenoxy) is 1. The number of piperidine rings is 5. The number of nitrogens with zero attached hydrogens (tertiary/aromatic N) is 5. The lowest BCUT2D eigenvalue weighted by molar-refractivity contribution is -0.143. The Balaban J connectivity index is 0.000000174. The maximum atomic E-state index is 14.0. The van der Waals surface area contributed by atoms with Gasteiger partial charge in [-0.15, -0.1) is 0 Å². The molecule has 6 fully saturated rings. The van der Waals surface area contributed by atoms with Gasteiger partial charge in [0, 0.05) is 89.8 Å². The number of hydrogen-bond donors (Lipinski definition) is 3. The summed E-state index contributed by atoms with van der Waals surface area (Å²) in [4.78, 5) is 35.2. The third kappa shape index (κ3) is 20.1. The Kier molecular flexibility index (Phi) is 26.0. The Labute approximate surface area is 614 Å². The van der Waals surface area contributed by atoms with Crippen molar-refractivity contribution in [2.24, 2.45) is 5.92 Å². The molecule has 2 bridgehead atoms. The standard InChI is InChI=1S/C32H40N2O.C30H35F7N4O2.C21H22F5NO/c1-32(2,3)28-15-14-26(22-35)27(20-28)21-33-30-25-16-18-34(19-17-25)31(30)29(23-10-6-4-7-11-23)24-12-8-5-9-13-24;1-18-13-24(31)5-6-26(18)27-17-25(40-11-9-39(10-12-40)20(3)42)7-8-41(27)28(43)38(4)19(2)21-14-22(29(32,33)34)16-23(15-21)30(35,36)37;1-20(22,23)16-10-14(11-17(12-16)21(24,25)26)13-28-18-8-5-9-27-19(18)15-6-3-2-4-7-15/h4-15,20,25,29-31,33,35H,16-19,21-22H2,1-3H3;5-6,13-16,19,25,27H,7-12,17H2,1-4H3;2-4,6-7,10-12,18-19,27H,5,8-9,13H2,1H3/t;19-,25+,27+;18-,19-/m.10/s1. The molecule has 7 aromatic carbocycles. The number of urea groups is 1. The number of rotatable bonds is 16. The molecule has 6 aliphatic rings. The summed E-state index contributed by atoms with van der Waals surface area (Å²) in [5.41, 5.74) is 3.95. The van der Waals surface area contributed by atoms with Crippen molar-refractivity contribution < 1.29 is 72.1 Å². The van der Waals surface area contributed by atoms with E-state index in [4.69, 9.17) is 4.74 Å². The normalized spacial score (nSPS) is 22.1. The number of aryl methyl sites for hydroxylation is 1. The minimum absolute atomic E-state index is 0.000149. The molecule has 7 atom stereocenters. The van der Waals surface area contributed by atoms with Gasteiger partial charge in [-0.25, -0.2) is 18.0 Å². The molecule has 2 unspecified atom stereocenters. The lowest BCUT2D eigenvalue weighted by Gasteiger charge is -2.54. The molecule has 0 radical (unpaired) electrons. The lowest BCUT2D eigenvalue weighted by atomic mass is 9.70. The number of benzene rings is 7. The largest absolute Gasteiger partial charge is 0.416 e. The van der Waals surface area contributed by atoms with Crippen LogP contribution in [0.5, 0.6) is 0 Å². The van der Waals surface area contributed by atoms with Crippen LogP contribution in [0.2, 0.25) is 0 Å². The summed E-state index contributed by atoms with van der Waals surface area (Å²) in [6, 6.07) is 45.0. The second-order valence-corrected chi connectivity index (χ2v) is 29.9. The first-order valence-corrected chi connectivity index (χ1v) is 36.5. The zero-order valence-corrected chi connectivity index (χ0v) is 61.2. The van der Waals surface area contributed by atoms with Crippen molar-refractivity contribution in [1.82, 2.24) is 35.1 Å². The number of nitrogens with one attached hydrogen (secondary N) is 2. The smallest absolute Gasteiger partial charge is 0.392 e. The van der Waals surface area contributed by atoms with E-state index in [1.54, 1.807) is 22.8 Å². The van der Waals surface area contributed by atoms with Crippen molar-refractivity contribution in [2.45, 2.75) is 185 Å². The molecule has 0 saturated carbocycles. The maximum absolute atomic E-state index is 14.0. The Bertz CT molecular complexity index is 3940. The number of amides is 3. The Morgan fingerprint density at radius 2 is 1.19 bits per heavy atom. The number of fused-ring (bicyclic) bond motifs is 3. The number of aliphatic hydroxyl groups is 1. The molecule has 11 nitrogen and oxygen atoms in total.